The Labute approximate surface area is 41.4 Å². The summed E-state index contributed by atoms with van der Waals surface area (Å²) in [7, 11) is -1.32. The highest BCUT2D eigenvalue weighted by molar-refractivity contribution is 6.24. The van der Waals surface area contributed by atoms with Gasteiger partial charge in [-0.1, -0.05) is 6.55 Å². The van der Waals surface area contributed by atoms with Gasteiger partial charge in [-0.15, -0.1) is 13.2 Å². The Morgan fingerprint density at radius 1 is 1.43 bits per heavy atom. The molecule has 0 amide bonds. The molecule has 0 aromatic carbocycles. The van der Waals surface area contributed by atoms with Crippen LogP contribution in [0.2, 0.25) is 6.55 Å². The van der Waals surface area contributed by atoms with E-state index in [2.05, 4.69) is 4.43 Å². The van der Waals surface area contributed by atoms with Gasteiger partial charge in [0.2, 0.25) is 0 Å². The lowest BCUT2D eigenvalue weighted by Crippen LogP contribution is -2.14. The number of halogens is 3. The fourth-order valence-electron chi connectivity index (χ4n) is 0.164. The summed E-state index contributed by atoms with van der Waals surface area (Å²) in [4.78, 5) is 0. The first-order valence-corrected chi connectivity index (χ1v) is 3.76. The molecule has 0 fully saturated rings. The highest BCUT2D eigenvalue weighted by Gasteiger charge is 2.26. The van der Waals surface area contributed by atoms with Crippen LogP contribution in [0.15, 0.2) is 0 Å². The van der Waals surface area contributed by atoms with Gasteiger partial charge in [-0.3, -0.25) is 0 Å². The van der Waals surface area contributed by atoms with E-state index in [1.54, 1.807) is 0 Å². The maximum Gasteiger partial charge on any atom is 0.512 e. The van der Waals surface area contributed by atoms with Crippen molar-refractivity contribution >= 4 is 9.76 Å². The summed E-state index contributed by atoms with van der Waals surface area (Å²) in [6.07, 6.45) is -4.39. The monoisotopic (exact) mass is 130 g/mol. The van der Waals surface area contributed by atoms with Crippen LogP contribution in [0.3, 0.4) is 0 Å². The predicted octanol–water partition coefficient (Wildman–Crippen LogP) is 0.655. The van der Waals surface area contributed by atoms with E-state index in [1.165, 1.54) is 6.55 Å². The molecule has 0 atom stereocenters. The molecule has 5 heteroatoms. The lowest BCUT2D eigenvalue weighted by Gasteiger charge is -2.02. The number of alkyl halides is 3. The Morgan fingerprint density at radius 3 is 1.86 bits per heavy atom. The van der Waals surface area contributed by atoms with Gasteiger partial charge in [-0.05, 0) is 0 Å². The Bertz CT molecular complexity index is 51.4. The van der Waals surface area contributed by atoms with Crippen LogP contribution in [0, 0.1) is 0 Å². The minimum Gasteiger partial charge on any atom is -0.342 e. The molecule has 0 aliphatic heterocycles. The van der Waals surface area contributed by atoms with Crippen molar-refractivity contribution in [1.82, 2.24) is 0 Å². The molecule has 0 aromatic rings. The molecular formula is C2H5F3OSi. The van der Waals surface area contributed by atoms with Gasteiger partial charge in [0, 0.05) is 0 Å². The third kappa shape index (κ3) is 5.97. The summed E-state index contributed by atoms with van der Waals surface area (Å²) in [6.45, 7) is 1.42. The second kappa shape index (κ2) is 2.32. The van der Waals surface area contributed by atoms with Crippen LogP contribution in [0.4, 0.5) is 13.2 Å². The van der Waals surface area contributed by atoms with E-state index >= 15 is 0 Å². The van der Waals surface area contributed by atoms with Crippen LogP contribution in [0.5, 0.6) is 0 Å². The molecule has 0 radical (unpaired) electrons. The van der Waals surface area contributed by atoms with Crippen LogP contribution in [0.1, 0.15) is 0 Å². The molecule has 0 rings (SSSR count). The molecule has 0 N–H and O–H groups in total. The van der Waals surface area contributed by atoms with Crippen LogP contribution < -0.4 is 0 Å². The normalized spacial score (nSPS) is 13.7. The molecule has 0 saturated heterocycles. The average Bonchev–Trinajstić information content (AvgIpc) is 1.30. The molecular weight excluding hydrogens is 125 g/mol. The van der Waals surface area contributed by atoms with Gasteiger partial charge in [0.25, 0.3) is 0 Å². The molecule has 44 valence electrons. The Morgan fingerprint density at radius 2 is 1.86 bits per heavy atom. The van der Waals surface area contributed by atoms with Crippen LogP contribution >= 0.6 is 0 Å². The first kappa shape index (κ1) is 6.97. The van der Waals surface area contributed by atoms with E-state index < -0.39 is 16.1 Å². The van der Waals surface area contributed by atoms with Crippen molar-refractivity contribution in [1.29, 1.82) is 0 Å². The number of hydrogen-bond donors (Lipinski definition) is 0. The zero-order valence-electron chi connectivity index (χ0n) is 3.75. The summed E-state index contributed by atoms with van der Waals surface area (Å²) in [5.41, 5.74) is 0. The molecule has 0 saturated carbocycles. The Kier molecular flexibility index (Phi) is 2.31. The van der Waals surface area contributed by atoms with Gasteiger partial charge in [-0.25, -0.2) is 0 Å². The third-order valence-electron chi connectivity index (χ3n) is 0.308. The molecule has 0 unspecified atom stereocenters. The van der Waals surface area contributed by atoms with Crippen molar-refractivity contribution in [2.75, 3.05) is 0 Å². The van der Waals surface area contributed by atoms with E-state index in [1.807, 2.05) is 0 Å². The second-order valence-electron chi connectivity index (χ2n) is 0.879. The first-order valence-electron chi connectivity index (χ1n) is 1.77. The van der Waals surface area contributed by atoms with Crippen molar-refractivity contribution < 1.29 is 17.6 Å². The van der Waals surface area contributed by atoms with E-state index in [9.17, 15) is 13.2 Å². The summed E-state index contributed by atoms with van der Waals surface area (Å²) in [5, 5.41) is 0. The van der Waals surface area contributed by atoms with E-state index in [0.717, 1.165) is 0 Å². The van der Waals surface area contributed by atoms with Gasteiger partial charge in [0.05, 0.1) is 0 Å². The predicted molar refractivity (Wildman–Crippen MR) is 21.5 cm³/mol. The molecule has 0 bridgehead atoms. The van der Waals surface area contributed by atoms with Gasteiger partial charge >= 0.3 is 6.36 Å². The molecule has 0 spiro atoms. The van der Waals surface area contributed by atoms with Crippen molar-refractivity contribution in [3.63, 3.8) is 0 Å². The molecule has 0 aliphatic rings. The molecule has 0 aromatic heterocycles. The minimum atomic E-state index is -4.39. The largest absolute Gasteiger partial charge is 0.512 e. The number of rotatable bonds is 1. The fourth-order valence-corrected chi connectivity index (χ4v) is 0.491. The summed E-state index contributed by atoms with van der Waals surface area (Å²) >= 11 is 0. The lowest BCUT2D eigenvalue weighted by atomic mass is 11.4. The Balaban J connectivity index is 3.15. The molecule has 7 heavy (non-hydrogen) atoms. The summed E-state index contributed by atoms with van der Waals surface area (Å²) < 4.78 is 36.0. The quantitative estimate of drug-likeness (QED) is 0.474. The first-order chi connectivity index (χ1) is 3.06. The fraction of sp³-hybridized carbons (Fsp3) is 1.00. The van der Waals surface area contributed by atoms with Crippen LogP contribution in [-0.4, -0.2) is 16.1 Å². The Hall–Kier alpha value is -0.0331. The SMILES string of the molecule is C[SiH2]OC(F)(F)F. The molecule has 0 heterocycles. The van der Waals surface area contributed by atoms with Gasteiger partial charge < -0.3 is 4.43 Å². The van der Waals surface area contributed by atoms with Gasteiger partial charge in [0.1, 0.15) is 0 Å². The van der Waals surface area contributed by atoms with Crippen molar-refractivity contribution in [3.8, 4) is 0 Å². The van der Waals surface area contributed by atoms with Crippen molar-refractivity contribution in [2.45, 2.75) is 12.9 Å². The molecule has 1 nitrogen and oxygen atoms in total. The highest BCUT2D eigenvalue weighted by Crippen LogP contribution is 2.14. The van der Waals surface area contributed by atoms with E-state index in [4.69, 9.17) is 0 Å². The highest BCUT2D eigenvalue weighted by atomic mass is 28.2. The van der Waals surface area contributed by atoms with Crippen molar-refractivity contribution in [2.24, 2.45) is 0 Å². The standard InChI is InChI=1S/C2H5F3OSi/c1-7-6-2(3,4)5/h7H2,1H3. The van der Waals surface area contributed by atoms with Crippen LogP contribution in [0.25, 0.3) is 0 Å². The zero-order chi connectivity index (χ0) is 5.91. The van der Waals surface area contributed by atoms with E-state index in [0.29, 0.717) is 0 Å². The van der Waals surface area contributed by atoms with Gasteiger partial charge in [-0.2, -0.15) is 0 Å². The molecule has 0 aliphatic carbocycles. The lowest BCUT2D eigenvalue weighted by molar-refractivity contribution is -0.275. The second-order valence-corrected chi connectivity index (χ2v) is 1.74. The van der Waals surface area contributed by atoms with E-state index in [-0.39, 0.29) is 0 Å². The van der Waals surface area contributed by atoms with Crippen LogP contribution in [-0.2, 0) is 4.43 Å². The zero-order valence-corrected chi connectivity index (χ0v) is 5.16. The average molecular weight is 130 g/mol. The van der Waals surface area contributed by atoms with Gasteiger partial charge in [0.15, 0.2) is 9.76 Å². The van der Waals surface area contributed by atoms with Crippen molar-refractivity contribution in [3.05, 3.63) is 0 Å². The maximum absolute atomic E-state index is 10.9. The summed E-state index contributed by atoms with van der Waals surface area (Å²) in [6, 6.07) is 0. The topological polar surface area (TPSA) is 9.23 Å². The smallest absolute Gasteiger partial charge is 0.342 e. The minimum absolute atomic E-state index is 1.32. The number of hydrogen-bond acceptors (Lipinski definition) is 1. The third-order valence-corrected chi connectivity index (χ3v) is 0.924. The summed E-state index contributed by atoms with van der Waals surface area (Å²) in [5.74, 6) is 0. The maximum atomic E-state index is 10.9.